The number of ether oxygens (including phenoxy) is 1. The molecule has 2 aromatic heterocycles. The number of aromatic nitrogens is 3. The van der Waals surface area contributed by atoms with Crippen molar-refractivity contribution in [3.8, 4) is 5.75 Å². The van der Waals surface area contributed by atoms with E-state index in [9.17, 15) is 4.79 Å². The van der Waals surface area contributed by atoms with Crippen molar-refractivity contribution < 1.29 is 4.74 Å². The molecule has 6 nitrogen and oxygen atoms in total. The number of nitrogens with one attached hydrogen (secondary N) is 2. The molecule has 4 rings (SSSR count). The summed E-state index contributed by atoms with van der Waals surface area (Å²) >= 11 is 0. The molecule has 0 aliphatic heterocycles. The molecule has 2 aromatic carbocycles. The Morgan fingerprint density at radius 3 is 2.78 bits per heavy atom. The number of H-pyrrole nitrogens is 2. The van der Waals surface area contributed by atoms with E-state index in [1.807, 2.05) is 48.5 Å². The van der Waals surface area contributed by atoms with E-state index in [1.54, 1.807) is 0 Å². The van der Waals surface area contributed by atoms with Crippen LogP contribution in [0.3, 0.4) is 0 Å². The minimum absolute atomic E-state index is 0.283. The third-order valence-corrected chi connectivity index (χ3v) is 3.78. The molecule has 0 saturated carbocycles. The summed E-state index contributed by atoms with van der Waals surface area (Å²) in [5, 5.41) is 7.64. The number of aromatic amines is 2. The lowest BCUT2D eigenvalue weighted by molar-refractivity contribution is 0.306. The maximum Gasteiger partial charge on any atom is 0.288 e. The zero-order valence-electron chi connectivity index (χ0n) is 12.2. The van der Waals surface area contributed by atoms with Gasteiger partial charge in [-0.25, -0.2) is 5.10 Å². The Labute approximate surface area is 130 Å². The molecule has 114 valence electrons. The first-order chi connectivity index (χ1) is 11.2. The summed E-state index contributed by atoms with van der Waals surface area (Å²) in [5.41, 5.74) is 7.94. The van der Waals surface area contributed by atoms with E-state index < -0.39 is 0 Å². The lowest BCUT2D eigenvalue weighted by Gasteiger charge is -2.06. The molecule has 4 N–H and O–H groups in total. The van der Waals surface area contributed by atoms with Gasteiger partial charge in [-0.3, -0.25) is 4.79 Å². The van der Waals surface area contributed by atoms with Gasteiger partial charge in [0.05, 0.1) is 5.39 Å². The molecule has 0 fully saturated rings. The number of nitrogens with two attached hydrogens (primary N) is 1. The molecule has 0 aliphatic carbocycles. The van der Waals surface area contributed by atoms with Crippen molar-refractivity contribution in [1.29, 1.82) is 0 Å². The second kappa shape index (κ2) is 5.17. The number of rotatable bonds is 3. The second-order valence-electron chi connectivity index (χ2n) is 5.29. The van der Waals surface area contributed by atoms with Gasteiger partial charge in [-0.05, 0) is 23.8 Å². The van der Waals surface area contributed by atoms with E-state index in [-0.39, 0.29) is 11.4 Å². The second-order valence-corrected chi connectivity index (χ2v) is 5.29. The highest BCUT2D eigenvalue weighted by Gasteiger charge is 2.12. The van der Waals surface area contributed by atoms with Gasteiger partial charge in [0.25, 0.3) is 5.56 Å². The van der Waals surface area contributed by atoms with E-state index in [0.29, 0.717) is 23.3 Å². The Hall–Kier alpha value is -3.28. The van der Waals surface area contributed by atoms with E-state index in [0.717, 1.165) is 16.5 Å². The molecular weight excluding hydrogens is 292 g/mol. The summed E-state index contributed by atoms with van der Waals surface area (Å²) in [4.78, 5) is 14.9. The van der Waals surface area contributed by atoms with Crippen LogP contribution in [0.4, 0.5) is 5.82 Å². The topological polar surface area (TPSA) is 96.8 Å². The Morgan fingerprint density at radius 1 is 1.13 bits per heavy atom. The molecule has 0 bridgehead atoms. The number of fused-ring (bicyclic) bond motifs is 3. The first kappa shape index (κ1) is 13.4. The number of nitrogen functional groups attached to an aromatic ring is 1. The first-order valence-electron chi connectivity index (χ1n) is 7.19. The maximum absolute atomic E-state index is 11.9. The van der Waals surface area contributed by atoms with Crippen LogP contribution < -0.4 is 16.0 Å². The highest BCUT2D eigenvalue weighted by atomic mass is 16.5. The third kappa shape index (κ3) is 2.30. The van der Waals surface area contributed by atoms with Crippen molar-refractivity contribution in [1.82, 2.24) is 15.2 Å². The summed E-state index contributed by atoms with van der Waals surface area (Å²) in [6.07, 6.45) is 0. The fourth-order valence-corrected chi connectivity index (χ4v) is 2.66. The van der Waals surface area contributed by atoms with Crippen LogP contribution in [-0.2, 0) is 6.61 Å². The number of nitrogens with zero attached hydrogens (tertiary/aromatic N) is 1. The van der Waals surface area contributed by atoms with Crippen molar-refractivity contribution in [3.63, 3.8) is 0 Å². The summed E-state index contributed by atoms with van der Waals surface area (Å²) in [6, 6.07) is 15.5. The van der Waals surface area contributed by atoms with Crippen LogP contribution in [0.15, 0.2) is 53.3 Å². The monoisotopic (exact) mass is 306 g/mol. The normalized spacial score (nSPS) is 11.1. The maximum atomic E-state index is 11.9. The van der Waals surface area contributed by atoms with Gasteiger partial charge in [0.1, 0.15) is 17.9 Å². The van der Waals surface area contributed by atoms with Gasteiger partial charge >= 0.3 is 0 Å². The fraction of sp³-hybridized carbons (Fsp3) is 0.0588. The van der Waals surface area contributed by atoms with Gasteiger partial charge < -0.3 is 15.5 Å². The third-order valence-electron chi connectivity index (χ3n) is 3.78. The van der Waals surface area contributed by atoms with E-state index in [4.69, 9.17) is 10.5 Å². The van der Waals surface area contributed by atoms with Crippen LogP contribution in [-0.4, -0.2) is 15.2 Å². The van der Waals surface area contributed by atoms with Gasteiger partial charge in [-0.15, -0.1) is 0 Å². The van der Waals surface area contributed by atoms with Crippen LogP contribution in [0.5, 0.6) is 5.75 Å². The molecular formula is C17H14N4O2. The lowest BCUT2D eigenvalue weighted by atomic mass is 10.2. The van der Waals surface area contributed by atoms with Crippen LogP contribution in [0, 0.1) is 0 Å². The van der Waals surface area contributed by atoms with Gasteiger partial charge in [0, 0.05) is 10.9 Å². The molecule has 0 atom stereocenters. The summed E-state index contributed by atoms with van der Waals surface area (Å²) < 4.78 is 5.83. The largest absolute Gasteiger partial charge is 0.489 e. The standard InChI is InChI=1S/C17H14N4O2/c18-16-14-12-8-11(23-9-10-4-2-1-3-5-10)6-7-13(12)19-15(14)17(22)21-20-16/h1-8,19H,9H2,(H2,18,20)(H,21,22). The minimum atomic E-state index is -0.294. The minimum Gasteiger partial charge on any atom is -0.489 e. The number of hydrogen-bond acceptors (Lipinski definition) is 4. The summed E-state index contributed by atoms with van der Waals surface area (Å²) in [5.74, 6) is 0.994. The zero-order valence-corrected chi connectivity index (χ0v) is 12.2. The fourth-order valence-electron chi connectivity index (χ4n) is 2.66. The Morgan fingerprint density at radius 2 is 1.96 bits per heavy atom. The van der Waals surface area contributed by atoms with Crippen LogP contribution in [0.1, 0.15) is 5.56 Å². The molecule has 23 heavy (non-hydrogen) atoms. The van der Waals surface area contributed by atoms with Crippen molar-refractivity contribution in [2.24, 2.45) is 0 Å². The van der Waals surface area contributed by atoms with Gasteiger partial charge in [0.15, 0.2) is 5.82 Å². The molecule has 0 aliphatic rings. The van der Waals surface area contributed by atoms with Gasteiger partial charge in [0.2, 0.25) is 0 Å². The zero-order chi connectivity index (χ0) is 15.8. The van der Waals surface area contributed by atoms with E-state index in [2.05, 4.69) is 15.2 Å². The average Bonchev–Trinajstić information content (AvgIpc) is 2.97. The smallest absolute Gasteiger partial charge is 0.288 e. The number of benzene rings is 2. The summed E-state index contributed by atoms with van der Waals surface area (Å²) in [6.45, 7) is 0.475. The van der Waals surface area contributed by atoms with E-state index in [1.165, 1.54) is 0 Å². The molecule has 0 radical (unpaired) electrons. The van der Waals surface area contributed by atoms with Gasteiger partial charge in [-0.1, -0.05) is 30.3 Å². The molecule has 0 spiro atoms. The van der Waals surface area contributed by atoms with Gasteiger partial charge in [-0.2, -0.15) is 5.10 Å². The number of anilines is 1. The molecule has 4 aromatic rings. The quantitative estimate of drug-likeness (QED) is 0.542. The molecule has 2 heterocycles. The van der Waals surface area contributed by atoms with Crippen LogP contribution in [0.25, 0.3) is 21.8 Å². The average molecular weight is 306 g/mol. The predicted molar refractivity (Wildman–Crippen MR) is 89.4 cm³/mol. The SMILES string of the molecule is Nc1n[nH]c(=O)c2[nH]c3ccc(OCc4ccccc4)cc3c12. The Bertz CT molecular complexity index is 1050. The Balaban J connectivity index is 1.76. The first-order valence-corrected chi connectivity index (χ1v) is 7.19. The van der Waals surface area contributed by atoms with Crippen molar-refractivity contribution in [2.45, 2.75) is 6.61 Å². The van der Waals surface area contributed by atoms with Crippen molar-refractivity contribution >= 4 is 27.6 Å². The number of hydrogen-bond donors (Lipinski definition) is 3. The van der Waals surface area contributed by atoms with E-state index >= 15 is 0 Å². The van der Waals surface area contributed by atoms with Crippen LogP contribution >= 0.6 is 0 Å². The van der Waals surface area contributed by atoms with Crippen molar-refractivity contribution in [2.75, 3.05) is 5.73 Å². The van der Waals surface area contributed by atoms with Crippen molar-refractivity contribution in [3.05, 3.63) is 64.4 Å². The molecule has 0 amide bonds. The lowest BCUT2D eigenvalue weighted by Crippen LogP contribution is -2.10. The highest BCUT2D eigenvalue weighted by Crippen LogP contribution is 2.29. The Kier molecular flexibility index (Phi) is 3.01. The molecule has 0 unspecified atom stereocenters. The highest BCUT2D eigenvalue weighted by molar-refractivity contribution is 6.11. The summed E-state index contributed by atoms with van der Waals surface area (Å²) in [7, 11) is 0. The molecule has 6 heteroatoms. The van der Waals surface area contributed by atoms with Crippen LogP contribution in [0.2, 0.25) is 0 Å². The predicted octanol–water partition coefficient (Wildman–Crippen LogP) is 2.57. The molecule has 0 saturated heterocycles.